The van der Waals surface area contributed by atoms with Gasteiger partial charge in [-0.25, -0.2) is 0 Å². The van der Waals surface area contributed by atoms with Gasteiger partial charge in [-0.1, -0.05) is 20.8 Å². The molecule has 0 spiro atoms. The molecule has 1 aliphatic heterocycles. The number of hydrogen-bond acceptors (Lipinski definition) is 4. The number of unbranched alkanes of at least 4 members (excludes halogenated alkanes) is 1. The average molecular weight is 364 g/mol. The van der Waals surface area contributed by atoms with Crippen molar-refractivity contribution in [3.63, 3.8) is 0 Å². The van der Waals surface area contributed by atoms with E-state index in [-0.39, 0.29) is 0 Å². The van der Waals surface area contributed by atoms with Crippen molar-refractivity contribution in [2.45, 2.75) is 53.0 Å². The summed E-state index contributed by atoms with van der Waals surface area (Å²) in [6.45, 7) is 13.2. The van der Waals surface area contributed by atoms with Gasteiger partial charge in [0, 0.05) is 46.2 Å². The maximum absolute atomic E-state index is 4.30. The molecule has 0 amide bonds. The second-order valence-corrected chi connectivity index (χ2v) is 7.63. The highest BCUT2D eigenvalue weighted by Gasteiger charge is 2.20. The molecular formula is C19H37N7. The van der Waals surface area contributed by atoms with Gasteiger partial charge < -0.3 is 20.1 Å². The molecule has 0 bridgehead atoms. The van der Waals surface area contributed by atoms with Crippen molar-refractivity contribution in [2.24, 2.45) is 16.8 Å². The molecule has 1 aromatic rings. The molecule has 2 N–H and O–H groups in total. The van der Waals surface area contributed by atoms with E-state index in [9.17, 15) is 0 Å². The molecule has 1 saturated heterocycles. The molecule has 26 heavy (non-hydrogen) atoms. The van der Waals surface area contributed by atoms with E-state index in [2.05, 4.69) is 56.1 Å². The molecule has 0 saturated carbocycles. The van der Waals surface area contributed by atoms with Crippen LogP contribution in [0.2, 0.25) is 0 Å². The summed E-state index contributed by atoms with van der Waals surface area (Å²) in [7, 11) is 1.82. The Hall–Kier alpha value is -1.63. The molecule has 2 heterocycles. The molecule has 7 heteroatoms. The van der Waals surface area contributed by atoms with Gasteiger partial charge in [-0.3, -0.25) is 4.99 Å². The van der Waals surface area contributed by atoms with E-state index >= 15 is 0 Å². The molecule has 1 aliphatic rings. The van der Waals surface area contributed by atoms with Crippen LogP contribution in [0.25, 0.3) is 0 Å². The second kappa shape index (κ2) is 11.2. The van der Waals surface area contributed by atoms with Gasteiger partial charge in [0.15, 0.2) is 5.96 Å². The van der Waals surface area contributed by atoms with Gasteiger partial charge in [-0.05, 0) is 37.6 Å². The van der Waals surface area contributed by atoms with E-state index in [0.29, 0.717) is 0 Å². The van der Waals surface area contributed by atoms with Crippen molar-refractivity contribution in [1.29, 1.82) is 0 Å². The summed E-state index contributed by atoms with van der Waals surface area (Å²) in [5.41, 5.74) is 0. The Morgan fingerprint density at radius 2 is 1.88 bits per heavy atom. The maximum atomic E-state index is 4.30. The highest BCUT2D eigenvalue weighted by Crippen LogP contribution is 2.20. The summed E-state index contributed by atoms with van der Waals surface area (Å²) < 4.78 is 2.08. The monoisotopic (exact) mass is 363 g/mol. The first-order valence-electron chi connectivity index (χ1n) is 10.2. The lowest BCUT2D eigenvalue weighted by Crippen LogP contribution is -2.40. The standard InChI is InChI=1S/C19H37N7/c1-5-18-24-23-15-26(18)11-9-22-19(20-4)21-8-6-7-10-25-13-16(2)12-17(3)14-25/h15-17H,5-14H2,1-4H3,(H2,20,21,22). The van der Waals surface area contributed by atoms with Gasteiger partial charge in [0.2, 0.25) is 0 Å². The Labute approximate surface area is 158 Å². The molecule has 2 unspecified atom stereocenters. The largest absolute Gasteiger partial charge is 0.356 e. The number of guanidine groups is 1. The molecule has 0 aliphatic carbocycles. The third kappa shape index (κ3) is 6.94. The van der Waals surface area contributed by atoms with Gasteiger partial charge in [0.25, 0.3) is 0 Å². The van der Waals surface area contributed by atoms with Crippen molar-refractivity contribution in [2.75, 3.05) is 39.8 Å². The summed E-state index contributed by atoms with van der Waals surface area (Å²) >= 11 is 0. The second-order valence-electron chi connectivity index (χ2n) is 7.63. The van der Waals surface area contributed by atoms with Crippen molar-refractivity contribution in [3.8, 4) is 0 Å². The van der Waals surface area contributed by atoms with Crippen molar-refractivity contribution >= 4 is 5.96 Å². The van der Waals surface area contributed by atoms with E-state index in [1.54, 1.807) is 6.33 Å². The SMILES string of the molecule is CCc1nncn1CCNC(=NC)NCCCCN1CC(C)CC(C)C1. The quantitative estimate of drug-likeness (QED) is 0.397. The van der Waals surface area contributed by atoms with Crippen LogP contribution >= 0.6 is 0 Å². The zero-order valence-corrected chi connectivity index (χ0v) is 17.0. The van der Waals surface area contributed by atoms with Crippen LogP contribution in [-0.4, -0.2) is 65.4 Å². The normalized spacial score (nSPS) is 21.8. The van der Waals surface area contributed by atoms with E-state index < -0.39 is 0 Å². The van der Waals surface area contributed by atoms with E-state index in [0.717, 1.165) is 49.7 Å². The van der Waals surface area contributed by atoms with E-state index in [1.165, 1.54) is 38.9 Å². The first kappa shape index (κ1) is 20.7. The van der Waals surface area contributed by atoms with Crippen molar-refractivity contribution < 1.29 is 0 Å². The lowest BCUT2D eigenvalue weighted by molar-refractivity contribution is 0.139. The van der Waals surface area contributed by atoms with E-state index in [1.807, 2.05) is 7.05 Å². The molecule has 1 aromatic heterocycles. The van der Waals surface area contributed by atoms with Crippen LogP contribution in [-0.2, 0) is 13.0 Å². The fourth-order valence-electron chi connectivity index (χ4n) is 3.90. The predicted molar refractivity (Wildman–Crippen MR) is 107 cm³/mol. The summed E-state index contributed by atoms with van der Waals surface area (Å²) in [4.78, 5) is 6.94. The molecule has 2 rings (SSSR count). The fourth-order valence-corrected chi connectivity index (χ4v) is 3.90. The zero-order valence-electron chi connectivity index (χ0n) is 17.0. The first-order valence-corrected chi connectivity index (χ1v) is 10.2. The number of rotatable bonds is 9. The Morgan fingerprint density at radius 3 is 2.58 bits per heavy atom. The van der Waals surface area contributed by atoms with Gasteiger partial charge in [0.05, 0.1) is 0 Å². The Kier molecular flexibility index (Phi) is 8.88. The lowest BCUT2D eigenvalue weighted by atomic mass is 9.92. The maximum Gasteiger partial charge on any atom is 0.191 e. The van der Waals surface area contributed by atoms with Gasteiger partial charge in [-0.15, -0.1) is 10.2 Å². The minimum Gasteiger partial charge on any atom is -0.356 e. The molecule has 0 radical (unpaired) electrons. The summed E-state index contributed by atoms with van der Waals surface area (Å²) in [6.07, 6.45) is 6.49. The number of piperidine rings is 1. The van der Waals surface area contributed by atoms with Crippen LogP contribution in [0.4, 0.5) is 0 Å². The van der Waals surface area contributed by atoms with Crippen LogP contribution in [0.1, 0.15) is 45.9 Å². The number of nitrogens with zero attached hydrogens (tertiary/aromatic N) is 5. The molecule has 2 atom stereocenters. The first-order chi connectivity index (χ1) is 12.6. The van der Waals surface area contributed by atoms with E-state index in [4.69, 9.17) is 0 Å². The topological polar surface area (TPSA) is 70.4 Å². The van der Waals surface area contributed by atoms with Crippen LogP contribution in [0, 0.1) is 11.8 Å². The summed E-state index contributed by atoms with van der Waals surface area (Å²) in [5.74, 6) is 3.59. The molecule has 148 valence electrons. The highest BCUT2D eigenvalue weighted by molar-refractivity contribution is 5.79. The van der Waals surface area contributed by atoms with Crippen LogP contribution < -0.4 is 10.6 Å². The van der Waals surface area contributed by atoms with Gasteiger partial charge in [0.1, 0.15) is 12.2 Å². The molecule has 0 aromatic carbocycles. The fraction of sp³-hybridized carbons (Fsp3) is 0.842. The highest BCUT2D eigenvalue weighted by atomic mass is 15.3. The van der Waals surface area contributed by atoms with Crippen molar-refractivity contribution in [1.82, 2.24) is 30.3 Å². The van der Waals surface area contributed by atoms with Crippen molar-refractivity contribution in [3.05, 3.63) is 12.2 Å². The number of aliphatic imine (C=N–C) groups is 1. The molecular weight excluding hydrogens is 326 g/mol. The summed E-state index contributed by atoms with van der Waals surface area (Å²) in [6, 6.07) is 0. The number of nitrogens with one attached hydrogen (secondary N) is 2. The Balaban J connectivity index is 1.56. The zero-order chi connectivity index (χ0) is 18.8. The molecule has 7 nitrogen and oxygen atoms in total. The summed E-state index contributed by atoms with van der Waals surface area (Å²) in [5, 5.41) is 14.8. The third-order valence-corrected chi connectivity index (χ3v) is 5.02. The van der Waals surface area contributed by atoms with Gasteiger partial charge in [-0.2, -0.15) is 0 Å². The smallest absolute Gasteiger partial charge is 0.191 e. The number of aromatic nitrogens is 3. The molecule has 1 fully saturated rings. The van der Waals surface area contributed by atoms with Crippen LogP contribution in [0.15, 0.2) is 11.3 Å². The number of likely N-dealkylation sites (tertiary alicyclic amines) is 1. The van der Waals surface area contributed by atoms with Gasteiger partial charge >= 0.3 is 0 Å². The number of aryl methyl sites for hydroxylation is 1. The predicted octanol–water partition coefficient (Wildman–Crippen LogP) is 1.76. The lowest BCUT2D eigenvalue weighted by Gasteiger charge is -2.34. The Morgan fingerprint density at radius 1 is 1.15 bits per heavy atom. The third-order valence-electron chi connectivity index (χ3n) is 5.02. The Bertz CT molecular complexity index is 530. The minimum atomic E-state index is 0.814. The number of hydrogen-bond donors (Lipinski definition) is 2. The van der Waals surface area contributed by atoms with Crippen LogP contribution in [0.3, 0.4) is 0 Å². The average Bonchev–Trinajstić information content (AvgIpc) is 3.06. The minimum absolute atomic E-state index is 0.814. The van der Waals surface area contributed by atoms with Crippen LogP contribution in [0.5, 0.6) is 0 Å².